The van der Waals surface area contributed by atoms with E-state index in [0.717, 1.165) is 15.9 Å². The summed E-state index contributed by atoms with van der Waals surface area (Å²) in [7, 11) is 0. The van der Waals surface area contributed by atoms with Crippen LogP contribution in [0.25, 0.3) is 0 Å². The van der Waals surface area contributed by atoms with Gasteiger partial charge in [-0.25, -0.2) is 4.98 Å². The second kappa shape index (κ2) is 5.36. The van der Waals surface area contributed by atoms with Crippen LogP contribution in [0.1, 0.15) is 5.69 Å². The normalized spacial score (nSPS) is 10.4. The van der Waals surface area contributed by atoms with Gasteiger partial charge >= 0.3 is 0 Å². The lowest BCUT2D eigenvalue weighted by Gasteiger charge is -2.09. The quantitative estimate of drug-likeness (QED) is 0.812. The molecule has 0 aliphatic heterocycles. The number of thiazole rings is 1. The predicted molar refractivity (Wildman–Crippen MR) is 73.6 cm³/mol. The number of nitrogens with zero attached hydrogens (tertiary/aromatic N) is 1. The first-order valence-electron chi connectivity index (χ1n) is 4.43. The summed E-state index contributed by atoms with van der Waals surface area (Å²) in [4.78, 5) is 4.17. The largest absolute Gasteiger partial charge is 0.378 e. The lowest BCUT2D eigenvalue weighted by molar-refractivity contribution is 1.07. The summed E-state index contributed by atoms with van der Waals surface area (Å²) in [5.74, 6) is 0. The molecule has 1 heterocycles. The Hall–Kier alpha value is -0.290. The van der Waals surface area contributed by atoms with E-state index in [9.17, 15) is 0 Å². The van der Waals surface area contributed by atoms with E-state index in [2.05, 4.69) is 26.2 Å². The molecule has 6 heteroatoms. The van der Waals surface area contributed by atoms with Crippen LogP contribution in [0, 0.1) is 0 Å². The van der Waals surface area contributed by atoms with Crippen LogP contribution in [0.5, 0.6) is 0 Å². The topological polar surface area (TPSA) is 24.9 Å². The summed E-state index contributed by atoms with van der Waals surface area (Å²) in [6, 6.07) is 3.74. The zero-order valence-corrected chi connectivity index (χ0v) is 11.9. The number of rotatable bonds is 3. The smallest absolute Gasteiger partial charge is 0.0835 e. The van der Waals surface area contributed by atoms with E-state index in [-0.39, 0.29) is 0 Å². The Morgan fingerprint density at radius 1 is 1.31 bits per heavy atom. The first kappa shape index (κ1) is 12.2. The third-order valence-corrected chi connectivity index (χ3v) is 4.38. The maximum Gasteiger partial charge on any atom is 0.0835 e. The molecular weight excluding hydrogens is 331 g/mol. The molecule has 0 aliphatic rings. The van der Waals surface area contributed by atoms with Crippen LogP contribution < -0.4 is 5.32 Å². The van der Waals surface area contributed by atoms with Crippen molar-refractivity contribution >= 4 is 56.2 Å². The first-order chi connectivity index (χ1) is 7.68. The number of halogens is 3. The van der Waals surface area contributed by atoms with Gasteiger partial charge in [-0.3, -0.25) is 0 Å². The fourth-order valence-electron chi connectivity index (χ4n) is 1.17. The van der Waals surface area contributed by atoms with Gasteiger partial charge in [-0.2, -0.15) is 0 Å². The lowest BCUT2D eigenvalue weighted by atomic mass is 10.3. The Kier molecular flexibility index (Phi) is 4.08. The summed E-state index contributed by atoms with van der Waals surface area (Å²) in [6.45, 7) is 0.640. The van der Waals surface area contributed by atoms with Crippen LogP contribution in [-0.4, -0.2) is 4.98 Å². The van der Waals surface area contributed by atoms with Crippen LogP contribution in [0.15, 0.2) is 27.5 Å². The minimum absolute atomic E-state index is 0.518. The maximum atomic E-state index is 6.10. The lowest BCUT2D eigenvalue weighted by Crippen LogP contribution is -2.00. The molecule has 2 rings (SSSR count). The van der Waals surface area contributed by atoms with Crippen LogP contribution in [0.2, 0.25) is 10.0 Å². The maximum absolute atomic E-state index is 6.10. The molecule has 0 saturated heterocycles. The van der Waals surface area contributed by atoms with E-state index < -0.39 is 0 Å². The van der Waals surface area contributed by atoms with E-state index in [1.165, 1.54) is 0 Å². The van der Waals surface area contributed by atoms with E-state index in [1.807, 2.05) is 17.5 Å². The third-order valence-electron chi connectivity index (χ3n) is 1.98. The van der Waals surface area contributed by atoms with Crippen molar-refractivity contribution < 1.29 is 0 Å². The molecule has 0 radical (unpaired) electrons. The fourth-order valence-corrected chi connectivity index (χ4v) is 2.57. The highest BCUT2D eigenvalue weighted by atomic mass is 79.9. The highest BCUT2D eigenvalue weighted by Crippen LogP contribution is 2.35. The molecule has 1 aromatic heterocycles. The molecule has 0 bridgehead atoms. The summed E-state index contributed by atoms with van der Waals surface area (Å²) < 4.78 is 0.790. The van der Waals surface area contributed by atoms with Crippen molar-refractivity contribution in [3.05, 3.63) is 43.2 Å². The van der Waals surface area contributed by atoms with Gasteiger partial charge in [0.25, 0.3) is 0 Å². The monoisotopic (exact) mass is 336 g/mol. The van der Waals surface area contributed by atoms with Gasteiger partial charge in [0, 0.05) is 9.85 Å². The Morgan fingerprint density at radius 2 is 2.12 bits per heavy atom. The van der Waals surface area contributed by atoms with Crippen molar-refractivity contribution in [3.8, 4) is 0 Å². The first-order valence-corrected chi connectivity index (χ1v) is 6.92. The van der Waals surface area contributed by atoms with E-state index in [1.54, 1.807) is 16.8 Å². The highest BCUT2D eigenvalue weighted by molar-refractivity contribution is 9.10. The number of nitrogens with one attached hydrogen (secondary N) is 1. The van der Waals surface area contributed by atoms with Crippen LogP contribution >= 0.6 is 50.5 Å². The second-order valence-corrected chi connectivity index (χ2v) is 5.39. The average molecular weight is 338 g/mol. The molecule has 0 amide bonds. The molecule has 0 spiro atoms. The Morgan fingerprint density at radius 3 is 2.81 bits per heavy atom. The van der Waals surface area contributed by atoms with Crippen molar-refractivity contribution in [1.82, 2.24) is 4.98 Å². The Balaban J connectivity index is 2.13. The molecular formula is C10H7BrCl2N2S. The van der Waals surface area contributed by atoms with Gasteiger partial charge in [0.2, 0.25) is 0 Å². The molecule has 2 aromatic rings. The molecule has 0 aliphatic carbocycles. The van der Waals surface area contributed by atoms with Gasteiger partial charge in [-0.1, -0.05) is 23.2 Å². The van der Waals surface area contributed by atoms with Gasteiger partial charge in [0.1, 0.15) is 0 Å². The zero-order valence-electron chi connectivity index (χ0n) is 8.01. The standard InChI is InChI=1S/C10H7BrCl2N2S/c11-7-1-2-8(10(13)9(7)12)14-3-6-4-16-5-15-6/h1-2,4-5,14H,3H2. The van der Waals surface area contributed by atoms with Crippen molar-refractivity contribution in [2.24, 2.45) is 0 Å². The van der Waals surface area contributed by atoms with Crippen molar-refractivity contribution in [2.45, 2.75) is 6.54 Å². The fraction of sp³-hybridized carbons (Fsp3) is 0.100. The molecule has 1 N–H and O–H groups in total. The van der Waals surface area contributed by atoms with Crippen molar-refractivity contribution in [3.63, 3.8) is 0 Å². The second-order valence-electron chi connectivity index (χ2n) is 3.06. The van der Waals surface area contributed by atoms with Gasteiger partial charge < -0.3 is 5.32 Å². The summed E-state index contributed by atoms with van der Waals surface area (Å²) in [5.41, 5.74) is 3.59. The highest BCUT2D eigenvalue weighted by Gasteiger charge is 2.08. The van der Waals surface area contributed by atoms with Gasteiger partial charge in [-0.05, 0) is 28.1 Å². The van der Waals surface area contributed by atoms with Crippen LogP contribution in [-0.2, 0) is 6.54 Å². The number of hydrogen-bond acceptors (Lipinski definition) is 3. The molecule has 1 aromatic carbocycles. The molecule has 2 nitrogen and oxygen atoms in total. The molecule has 0 fully saturated rings. The minimum atomic E-state index is 0.518. The number of benzene rings is 1. The number of hydrogen-bond donors (Lipinski definition) is 1. The summed E-state index contributed by atoms with van der Waals surface area (Å²) in [5, 5.41) is 6.22. The van der Waals surface area contributed by atoms with Crippen molar-refractivity contribution in [2.75, 3.05) is 5.32 Å². The third kappa shape index (κ3) is 2.69. The van der Waals surface area contributed by atoms with Crippen molar-refractivity contribution in [1.29, 1.82) is 0 Å². The molecule has 0 saturated carbocycles. The average Bonchev–Trinajstić information content (AvgIpc) is 2.78. The van der Waals surface area contributed by atoms with Gasteiger partial charge in [0.15, 0.2) is 0 Å². The molecule has 0 unspecified atom stereocenters. The SMILES string of the molecule is Clc1c(Br)ccc(NCc2cscn2)c1Cl. The molecule has 0 atom stereocenters. The zero-order chi connectivity index (χ0) is 11.5. The number of anilines is 1. The van der Waals surface area contributed by atoms with Crippen LogP contribution in [0.3, 0.4) is 0 Å². The molecule has 16 heavy (non-hydrogen) atoms. The summed E-state index contributed by atoms with van der Waals surface area (Å²) in [6.07, 6.45) is 0. The van der Waals surface area contributed by atoms with E-state index >= 15 is 0 Å². The molecule has 84 valence electrons. The number of aromatic nitrogens is 1. The predicted octanol–water partition coefficient (Wildman–Crippen LogP) is 4.82. The Bertz CT molecular complexity index is 488. The van der Waals surface area contributed by atoms with Gasteiger partial charge in [-0.15, -0.1) is 11.3 Å². The Labute approximate surface area is 116 Å². The van der Waals surface area contributed by atoms with Gasteiger partial charge in [0.05, 0.1) is 33.5 Å². The van der Waals surface area contributed by atoms with Crippen LogP contribution in [0.4, 0.5) is 5.69 Å². The van der Waals surface area contributed by atoms with E-state index in [4.69, 9.17) is 23.2 Å². The van der Waals surface area contributed by atoms with E-state index in [0.29, 0.717) is 16.6 Å². The minimum Gasteiger partial charge on any atom is -0.378 e. The summed E-state index contributed by atoms with van der Waals surface area (Å²) >= 11 is 17.0.